The first-order valence-electron chi connectivity index (χ1n) is 7.24. The van der Waals surface area contributed by atoms with Crippen molar-refractivity contribution in [3.63, 3.8) is 0 Å². The van der Waals surface area contributed by atoms with Crippen molar-refractivity contribution in [3.05, 3.63) is 70.7 Å². The monoisotopic (exact) mass is 287 g/mol. The number of hydrogen-bond donors (Lipinski definition) is 1. The molecule has 2 aromatic carbocycles. The third-order valence-corrected chi connectivity index (χ3v) is 3.89. The molecule has 0 aromatic heterocycles. The highest BCUT2D eigenvalue weighted by Crippen LogP contribution is 2.19. The van der Waals surface area contributed by atoms with Crippen LogP contribution in [-0.4, -0.2) is 6.04 Å². The Balaban J connectivity index is 1.99. The second-order valence-corrected chi connectivity index (χ2v) is 5.67. The molecule has 0 heterocycles. The highest BCUT2D eigenvalue weighted by atomic mass is 35.5. The Kier molecular flexibility index (Phi) is 5.63. The molecule has 0 fully saturated rings. The fourth-order valence-electron chi connectivity index (χ4n) is 2.45. The van der Waals surface area contributed by atoms with Gasteiger partial charge in [0.05, 0.1) is 0 Å². The second-order valence-electron chi connectivity index (χ2n) is 5.24. The van der Waals surface area contributed by atoms with Gasteiger partial charge in [0.2, 0.25) is 0 Å². The predicted molar refractivity (Wildman–Crippen MR) is 87.2 cm³/mol. The fraction of sp³-hybridized carbons (Fsp3) is 0.333. The Morgan fingerprint density at radius 3 is 2.45 bits per heavy atom. The van der Waals surface area contributed by atoms with Gasteiger partial charge in [-0.05, 0) is 43.0 Å². The zero-order valence-electron chi connectivity index (χ0n) is 12.1. The average molecular weight is 288 g/mol. The third kappa shape index (κ3) is 4.36. The molecule has 0 aliphatic rings. The summed E-state index contributed by atoms with van der Waals surface area (Å²) in [6.45, 7) is 4.42. The van der Waals surface area contributed by atoms with Crippen LogP contribution in [0.15, 0.2) is 54.6 Å². The molecule has 2 atom stereocenters. The summed E-state index contributed by atoms with van der Waals surface area (Å²) < 4.78 is 0. The number of hydrogen-bond acceptors (Lipinski definition) is 1. The number of benzene rings is 2. The third-order valence-electron chi connectivity index (χ3n) is 3.65. The number of halogens is 1. The molecule has 0 bridgehead atoms. The average Bonchev–Trinajstić information content (AvgIpc) is 2.47. The summed E-state index contributed by atoms with van der Waals surface area (Å²) in [6, 6.07) is 19.5. The minimum Gasteiger partial charge on any atom is -0.307 e. The minimum absolute atomic E-state index is 0.308. The van der Waals surface area contributed by atoms with Gasteiger partial charge < -0.3 is 5.32 Å². The lowest BCUT2D eigenvalue weighted by Gasteiger charge is -2.23. The van der Waals surface area contributed by atoms with E-state index in [9.17, 15) is 0 Å². The highest BCUT2D eigenvalue weighted by molar-refractivity contribution is 6.30. The molecule has 1 N–H and O–H groups in total. The molecule has 0 amide bonds. The molecule has 106 valence electrons. The maximum atomic E-state index is 6.06. The first-order valence-corrected chi connectivity index (χ1v) is 7.62. The van der Waals surface area contributed by atoms with Crippen LogP contribution in [0.1, 0.15) is 37.4 Å². The zero-order valence-corrected chi connectivity index (χ0v) is 12.9. The Morgan fingerprint density at radius 1 is 1.05 bits per heavy atom. The predicted octanol–water partition coefficient (Wildman–Crippen LogP) is 5.01. The summed E-state index contributed by atoms with van der Waals surface area (Å²) in [6.07, 6.45) is 2.17. The molecule has 1 nitrogen and oxygen atoms in total. The van der Waals surface area contributed by atoms with Crippen LogP contribution < -0.4 is 5.32 Å². The molecule has 2 heteroatoms. The molecule has 2 aromatic rings. The van der Waals surface area contributed by atoms with Gasteiger partial charge in [-0.1, -0.05) is 61.0 Å². The summed E-state index contributed by atoms with van der Waals surface area (Å²) in [5.74, 6) is 0. The van der Waals surface area contributed by atoms with Gasteiger partial charge in [0.1, 0.15) is 0 Å². The summed E-state index contributed by atoms with van der Waals surface area (Å²) in [7, 11) is 0. The Bertz CT molecular complexity index is 524. The normalized spacial score (nSPS) is 13.9. The van der Waals surface area contributed by atoms with E-state index < -0.39 is 0 Å². The Labute approximate surface area is 127 Å². The molecule has 0 aliphatic heterocycles. The van der Waals surface area contributed by atoms with Gasteiger partial charge in [-0.3, -0.25) is 0 Å². The molecule has 0 saturated carbocycles. The van der Waals surface area contributed by atoms with Crippen LogP contribution in [0.25, 0.3) is 0 Å². The van der Waals surface area contributed by atoms with E-state index in [1.165, 1.54) is 11.1 Å². The van der Waals surface area contributed by atoms with E-state index >= 15 is 0 Å². The van der Waals surface area contributed by atoms with Gasteiger partial charge in [-0.15, -0.1) is 0 Å². The van der Waals surface area contributed by atoms with Crippen LogP contribution in [0.4, 0.5) is 0 Å². The maximum absolute atomic E-state index is 6.06. The first-order chi connectivity index (χ1) is 9.69. The summed E-state index contributed by atoms with van der Waals surface area (Å²) >= 11 is 6.06. The van der Waals surface area contributed by atoms with E-state index in [1.54, 1.807) is 0 Å². The smallest absolute Gasteiger partial charge is 0.0409 e. The van der Waals surface area contributed by atoms with Crippen molar-refractivity contribution in [1.29, 1.82) is 0 Å². The molecule has 0 saturated heterocycles. The van der Waals surface area contributed by atoms with Gasteiger partial charge in [0.15, 0.2) is 0 Å². The molecule has 20 heavy (non-hydrogen) atoms. The first kappa shape index (κ1) is 15.1. The lowest BCUT2D eigenvalue weighted by Crippen LogP contribution is -2.32. The molecule has 0 spiro atoms. The Morgan fingerprint density at radius 2 is 1.80 bits per heavy atom. The van der Waals surface area contributed by atoms with Crippen molar-refractivity contribution in [1.82, 2.24) is 5.32 Å². The lowest BCUT2D eigenvalue weighted by atomic mass is 10.0. The topological polar surface area (TPSA) is 12.0 Å². The van der Waals surface area contributed by atoms with Crippen LogP contribution in [-0.2, 0) is 6.42 Å². The molecule has 0 aliphatic carbocycles. The zero-order chi connectivity index (χ0) is 14.4. The summed E-state index contributed by atoms with van der Waals surface area (Å²) in [4.78, 5) is 0. The minimum atomic E-state index is 0.308. The SMILES string of the molecule is CCC(Cc1ccccc1)N[C@H](C)c1cccc(Cl)c1. The second kappa shape index (κ2) is 7.47. The fourth-order valence-corrected chi connectivity index (χ4v) is 2.64. The van der Waals surface area contributed by atoms with Crippen LogP contribution in [0.2, 0.25) is 5.02 Å². The molecular formula is C18H22ClN. The number of nitrogens with one attached hydrogen (secondary N) is 1. The van der Waals surface area contributed by atoms with Crippen LogP contribution in [0, 0.1) is 0 Å². The largest absolute Gasteiger partial charge is 0.307 e. The molecular weight excluding hydrogens is 266 g/mol. The van der Waals surface area contributed by atoms with E-state index in [1.807, 2.05) is 18.2 Å². The molecule has 2 rings (SSSR count). The van der Waals surface area contributed by atoms with Crippen LogP contribution in [0.5, 0.6) is 0 Å². The van der Waals surface area contributed by atoms with E-state index in [0.29, 0.717) is 12.1 Å². The van der Waals surface area contributed by atoms with Crippen molar-refractivity contribution in [2.24, 2.45) is 0 Å². The Hall–Kier alpha value is -1.31. The summed E-state index contributed by atoms with van der Waals surface area (Å²) in [5, 5.41) is 4.50. The van der Waals surface area contributed by atoms with Crippen molar-refractivity contribution in [2.75, 3.05) is 0 Å². The van der Waals surface area contributed by atoms with Crippen molar-refractivity contribution in [3.8, 4) is 0 Å². The lowest BCUT2D eigenvalue weighted by molar-refractivity contribution is 0.440. The van der Waals surface area contributed by atoms with Gasteiger partial charge in [-0.2, -0.15) is 0 Å². The van der Waals surface area contributed by atoms with E-state index in [2.05, 4.69) is 55.6 Å². The van der Waals surface area contributed by atoms with E-state index in [-0.39, 0.29) is 0 Å². The van der Waals surface area contributed by atoms with Gasteiger partial charge >= 0.3 is 0 Å². The van der Waals surface area contributed by atoms with Gasteiger partial charge in [0, 0.05) is 17.1 Å². The summed E-state index contributed by atoms with van der Waals surface area (Å²) in [5.41, 5.74) is 2.62. The molecule has 0 radical (unpaired) electrons. The van der Waals surface area contributed by atoms with Crippen molar-refractivity contribution < 1.29 is 0 Å². The van der Waals surface area contributed by atoms with E-state index in [4.69, 9.17) is 11.6 Å². The highest BCUT2D eigenvalue weighted by Gasteiger charge is 2.12. The van der Waals surface area contributed by atoms with Crippen molar-refractivity contribution >= 4 is 11.6 Å². The number of rotatable bonds is 6. The standard InChI is InChI=1S/C18H22ClN/c1-3-18(12-15-8-5-4-6-9-15)20-14(2)16-10-7-11-17(19)13-16/h4-11,13-14,18,20H,3,12H2,1-2H3/t14-,18?/m1/s1. The van der Waals surface area contributed by atoms with Gasteiger partial charge in [-0.25, -0.2) is 0 Å². The van der Waals surface area contributed by atoms with Crippen LogP contribution >= 0.6 is 11.6 Å². The molecule has 1 unspecified atom stereocenters. The van der Waals surface area contributed by atoms with Crippen LogP contribution in [0.3, 0.4) is 0 Å². The van der Waals surface area contributed by atoms with E-state index in [0.717, 1.165) is 17.9 Å². The maximum Gasteiger partial charge on any atom is 0.0409 e. The van der Waals surface area contributed by atoms with Gasteiger partial charge in [0.25, 0.3) is 0 Å². The van der Waals surface area contributed by atoms with Crippen molar-refractivity contribution in [2.45, 2.75) is 38.8 Å². The quantitative estimate of drug-likeness (QED) is 0.787.